The van der Waals surface area contributed by atoms with Crippen LogP contribution in [0.25, 0.3) is 0 Å². The second-order valence-corrected chi connectivity index (χ2v) is 40.9. The minimum absolute atomic E-state index is 0. The second kappa shape index (κ2) is 52.4. The first-order valence-corrected chi connectivity index (χ1v) is 50.4. The van der Waals surface area contributed by atoms with E-state index in [0.717, 1.165) is 161 Å². The average Bonchev–Trinajstić information content (AvgIpc) is 1.70. The number of likely N-dealkylation sites (tertiary alicyclic amines) is 4. The van der Waals surface area contributed by atoms with Crippen LogP contribution in [0.3, 0.4) is 0 Å². The number of aliphatic hydroxyl groups excluding tert-OH is 1. The molecule has 0 saturated carbocycles. The van der Waals surface area contributed by atoms with Crippen molar-refractivity contribution in [1.29, 1.82) is 0 Å². The number of carbonyl (C=O) groups is 3. The summed E-state index contributed by atoms with van der Waals surface area (Å²) in [6, 6.07) is 42.8. The smallest absolute Gasteiger partial charge is 1.00 e. The summed E-state index contributed by atoms with van der Waals surface area (Å²) in [5.41, 5.74) is 16.4. The van der Waals surface area contributed by atoms with Crippen molar-refractivity contribution in [3.63, 3.8) is 0 Å². The number of benzene rings is 9. The molecule has 4 heterocycles. The summed E-state index contributed by atoms with van der Waals surface area (Å²) in [6.45, 7) is 15.3. The zero-order valence-electron chi connectivity index (χ0n) is 75.0. The van der Waals surface area contributed by atoms with Crippen molar-refractivity contribution in [3.05, 3.63) is 325 Å². The molecule has 10 aliphatic rings. The summed E-state index contributed by atoms with van der Waals surface area (Å²) in [5.74, 6) is 2.44. The zero-order valence-corrected chi connectivity index (χ0v) is 87.6. The standard InChI is InChI=1S/2C21H23Cl2NO.C14H15Cl2NO.C14H13Cl2NO.C12H11Cl2NO.C9H6Cl2O.C7H7FO2S.B.Na.2O2S.H/c2*1-14-4-6-17(7-5-14)25-21-15(13-24-8-2-3-9-24)10-18-19(21)11-16(22)12-20(18)23;2*15-10-6-12-11(13(16)7-10)5-9(14(12)18)8-17-3-1-2-4-17;1-15(2)6-7-3-9-10(12(7)16)4-8(13)5-11(9)14;10-5-3-7-6(8(11)4-5)1-2-9(7)12;1-11(9,10)7-4-2-6(8)3-5-7;;;2*1-3-2;/h2*4-7,11-12,15,21H,2-3,8-10,13H2,1H3;6-8,14,18H,1-5H2;6-8H,1-5H2;4-6H,3H2,1-2H3;3-4H,1-2H2;2-5H,1H3;;;;;/q;;;;;;;;+1;;;-1/b;;2*9-8-;7-6-;;;;;;;/t15-,21+;15-,21-;;;;;;;;;;/m01........../s1. The first kappa shape index (κ1) is 111. The molecule has 17 nitrogen and oxygen atoms in total. The Bertz CT molecular complexity index is 5800. The van der Waals surface area contributed by atoms with Gasteiger partial charge in [-0.05, 0) is 294 Å². The molecule has 0 aromatic heterocycles. The van der Waals surface area contributed by atoms with E-state index in [-0.39, 0.29) is 73.9 Å². The maximum atomic E-state index is 12.3. The molecule has 19 rings (SSSR count). The number of halogens is 13. The molecule has 4 fully saturated rings. The SMILES string of the molecule is CN(C)/C=C1/Cc2c(Cl)cc(Cl)cc2C1=O.CS(=O)(=O)c1ccc(F)cc1.Cc1ccc(O[C@H]2c3cc(Cl)cc(Cl)c3C[C@@H]2CN2CCCC2)cc1.Cc1ccc(O[C@H]2c3cc(Cl)cc(Cl)c3C[C@H]2CN2CCCC2)cc1.O=C1/C(=C\N2CCCC2)Cc2c(Cl)cc(Cl)cc21.O=C1CCc2c(Cl)cc(Cl)cc21.O=S=O.O=S=O.OC1/C(=C\N2CCCC2)Cc2c(Cl)cc(Cl)cc21.[B].[H-].[Na+]. The van der Waals surface area contributed by atoms with E-state index in [0.29, 0.717) is 98.0 Å². The van der Waals surface area contributed by atoms with Crippen molar-refractivity contribution in [2.24, 2.45) is 11.8 Å². The summed E-state index contributed by atoms with van der Waals surface area (Å²) in [4.78, 5) is 47.1. The Morgan fingerprint density at radius 3 is 1.20 bits per heavy atom. The molecule has 9 aromatic carbocycles. The van der Waals surface area contributed by atoms with Gasteiger partial charge in [-0.25, -0.2) is 12.8 Å². The van der Waals surface area contributed by atoms with E-state index in [1.165, 1.54) is 112 Å². The van der Waals surface area contributed by atoms with Gasteiger partial charge in [-0.2, -0.15) is 16.8 Å². The maximum absolute atomic E-state index is 12.3. The molecule has 9 aromatic rings. The molecule has 0 bridgehead atoms. The van der Waals surface area contributed by atoms with Crippen LogP contribution < -0.4 is 39.0 Å². The number of aliphatic hydroxyl groups is 1. The largest absolute Gasteiger partial charge is 1.00 e. The molecule has 0 amide bonds. The number of ether oxygens (including phenoxy) is 2. The van der Waals surface area contributed by atoms with Gasteiger partial charge in [0, 0.05) is 206 Å². The number of aryl methyl sites for hydroxylation is 2. The predicted octanol–water partition coefficient (Wildman–Crippen LogP) is 21.6. The number of carbonyl (C=O) groups excluding carboxylic acids is 3. The molecule has 3 radical (unpaired) electrons. The fourth-order valence-electron chi connectivity index (χ4n) is 17.6. The van der Waals surface area contributed by atoms with Crippen molar-refractivity contribution < 1.29 is 89.6 Å². The summed E-state index contributed by atoms with van der Waals surface area (Å²) in [5, 5.41) is 17.8. The minimum atomic E-state index is -3.19. The number of allylic oxidation sites excluding steroid dienone is 2. The molecule has 701 valence electrons. The van der Waals surface area contributed by atoms with E-state index in [2.05, 4.69) is 63.9 Å². The van der Waals surface area contributed by atoms with Gasteiger partial charge in [-0.1, -0.05) is 175 Å². The molecule has 1 unspecified atom stereocenters. The van der Waals surface area contributed by atoms with Gasteiger partial charge >= 0.3 is 52.7 Å². The summed E-state index contributed by atoms with van der Waals surface area (Å²) in [6.07, 6.45) is 21.7. The first-order chi connectivity index (χ1) is 62.5. The quantitative estimate of drug-likeness (QED) is 0.0685. The third kappa shape index (κ3) is 30.8. The van der Waals surface area contributed by atoms with Crippen molar-refractivity contribution >= 4 is 198 Å². The number of rotatable bonds is 12. The third-order valence-electron chi connectivity index (χ3n) is 23.8. The normalized spacial score (nSPS) is 19.3. The third-order valence-corrected chi connectivity index (χ3v) is 28.2. The molecular weight excluding hydrogens is 2010 g/mol. The topological polar surface area (TPSA) is 209 Å². The van der Waals surface area contributed by atoms with Gasteiger partial charge in [-0.15, -0.1) is 0 Å². The van der Waals surface area contributed by atoms with Gasteiger partial charge in [0.2, 0.25) is 0 Å². The van der Waals surface area contributed by atoms with Crippen LogP contribution in [-0.2, 0) is 71.5 Å². The fourth-order valence-corrected chi connectivity index (χ4v) is 21.7. The number of nitrogens with zero attached hydrogens (tertiary/aromatic N) is 5. The van der Waals surface area contributed by atoms with Crippen molar-refractivity contribution in [2.75, 3.05) is 85.8 Å². The molecule has 35 heteroatoms. The second-order valence-electron chi connectivity index (χ2n) is 33.6. The molecule has 1 N–H and O–H groups in total. The Labute approximate surface area is 870 Å². The molecule has 4 saturated heterocycles. The van der Waals surface area contributed by atoms with E-state index in [4.69, 9.17) is 166 Å². The fraction of sp³-hybridized carbons (Fsp3) is 0.357. The molecule has 6 aliphatic carbocycles. The van der Waals surface area contributed by atoms with Crippen LogP contribution in [0.2, 0.25) is 60.3 Å². The Hall–Kier alpha value is -5.85. The van der Waals surface area contributed by atoms with Crippen LogP contribution in [0.5, 0.6) is 11.5 Å². The number of ketones is 3. The van der Waals surface area contributed by atoms with E-state index in [1.807, 2.05) is 86.0 Å². The van der Waals surface area contributed by atoms with Gasteiger partial charge < -0.3 is 40.5 Å². The molecular formula is C98H99BCl12FN5NaO12S3. The van der Waals surface area contributed by atoms with Gasteiger partial charge in [0.05, 0.1) is 4.90 Å². The average molecular weight is 2110 g/mol. The molecule has 4 aliphatic heterocycles. The van der Waals surface area contributed by atoms with Crippen LogP contribution in [0, 0.1) is 31.5 Å². The van der Waals surface area contributed by atoms with Crippen LogP contribution in [-0.4, -0.2) is 166 Å². The number of fused-ring (bicyclic) bond motifs is 6. The summed E-state index contributed by atoms with van der Waals surface area (Å²) < 4.78 is 80.0. The van der Waals surface area contributed by atoms with Crippen molar-refractivity contribution in [2.45, 2.75) is 133 Å². The van der Waals surface area contributed by atoms with Crippen molar-refractivity contribution in [1.82, 2.24) is 24.5 Å². The van der Waals surface area contributed by atoms with Gasteiger partial charge in [0.25, 0.3) is 0 Å². The van der Waals surface area contributed by atoms with Crippen LogP contribution >= 0.6 is 139 Å². The van der Waals surface area contributed by atoms with E-state index >= 15 is 0 Å². The molecule has 0 spiro atoms. The Morgan fingerprint density at radius 1 is 0.451 bits per heavy atom. The van der Waals surface area contributed by atoms with E-state index in [9.17, 15) is 32.3 Å². The summed E-state index contributed by atoms with van der Waals surface area (Å²) >= 11 is 71.9. The van der Waals surface area contributed by atoms with E-state index in [1.54, 1.807) is 42.5 Å². The Kier molecular flexibility index (Phi) is 43.7. The van der Waals surface area contributed by atoms with Gasteiger partial charge in [-0.3, -0.25) is 14.4 Å². The zero-order chi connectivity index (χ0) is 94.7. The summed E-state index contributed by atoms with van der Waals surface area (Å²) in [7, 11) is 0.587. The van der Waals surface area contributed by atoms with Crippen LogP contribution in [0.15, 0.2) is 186 Å². The Morgan fingerprint density at radius 2 is 0.797 bits per heavy atom. The number of Topliss-reactive ketones (excluding diaryl/α,β-unsaturated/α-hetero) is 3. The molecule has 133 heavy (non-hydrogen) atoms. The number of hydrogen-bond acceptors (Lipinski definition) is 17. The number of sulfone groups is 1. The minimum Gasteiger partial charge on any atom is -1.00 e. The monoisotopic (exact) mass is 2110 g/mol. The van der Waals surface area contributed by atoms with Crippen molar-refractivity contribution in [3.8, 4) is 11.5 Å². The first-order valence-electron chi connectivity index (χ1n) is 42.6. The maximum Gasteiger partial charge on any atom is 1.00 e. The molecule has 5 atom stereocenters. The van der Waals surface area contributed by atoms with Crippen LogP contribution in [0.4, 0.5) is 4.39 Å². The van der Waals surface area contributed by atoms with Gasteiger partial charge in [0.1, 0.15) is 35.6 Å². The van der Waals surface area contributed by atoms with Gasteiger partial charge in [0.15, 0.2) is 27.2 Å². The van der Waals surface area contributed by atoms with E-state index < -0.39 is 44.9 Å². The predicted molar refractivity (Wildman–Crippen MR) is 535 cm³/mol. The number of hydrogen-bond donors (Lipinski definition) is 1. The Balaban J connectivity index is 0.000000193. The van der Waals surface area contributed by atoms with Crippen LogP contribution in [0.1, 0.15) is 170 Å².